The van der Waals surface area contributed by atoms with Crippen molar-refractivity contribution < 1.29 is 0 Å². The molecule has 20 heavy (non-hydrogen) atoms. The summed E-state index contributed by atoms with van der Waals surface area (Å²) in [6.07, 6.45) is 11.0. The second kappa shape index (κ2) is 9.25. The van der Waals surface area contributed by atoms with Crippen molar-refractivity contribution in [2.24, 2.45) is 0 Å². The van der Waals surface area contributed by atoms with Crippen LogP contribution < -0.4 is 0 Å². The Bertz CT molecular complexity index is 362. The predicted molar refractivity (Wildman–Crippen MR) is 97.3 cm³/mol. The molecule has 0 bridgehead atoms. The van der Waals surface area contributed by atoms with Crippen molar-refractivity contribution >= 4 is 27.3 Å². The van der Waals surface area contributed by atoms with Crippen molar-refractivity contribution in [1.29, 1.82) is 0 Å². The van der Waals surface area contributed by atoms with Crippen LogP contribution in [0.5, 0.6) is 0 Å². The fourth-order valence-corrected chi connectivity index (χ4v) is 4.18. The van der Waals surface area contributed by atoms with E-state index in [4.69, 9.17) is 0 Å². The summed E-state index contributed by atoms with van der Waals surface area (Å²) in [7, 11) is 0. The number of hydrogen-bond donors (Lipinski definition) is 0. The molecule has 1 unspecified atom stereocenters. The first-order chi connectivity index (χ1) is 9.45. The smallest absolute Gasteiger partial charge is 0.0489 e. The molecule has 0 saturated heterocycles. The summed E-state index contributed by atoms with van der Waals surface area (Å²) in [4.78, 5) is 3.55. The van der Waals surface area contributed by atoms with Crippen molar-refractivity contribution in [3.63, 3.8) is 0 Å². The molecule has 0 aliphatic carbocycles. The van der Waals surface area contributed by atoms with E-state index in [0.29, 0.717) is 4.83 Å². The van der Waals surface area contributed by atoms with Crippen LogP contribution in [-0.4, -0.2) is 0 Å². The van der Waals surface area contributed by atoms with E-state index in [0.717, 1.165) is 0 Å². The maximum atomic E-state index is 3.87. The Balaban J connectivity index is 2.22. The molecule has 1 aromatic rings. The van der Waals surface area contributed by atoms with Crippen LogP contribution in [0, 0.1) is 0 Å². The lowest BCUT2D eigenvalue weighted by atomic mass is 9.95. The molecule has 0 spiro atoms. The summed E-state index contributed by atoms with van der Waals surface area (Å²) >= 11 is 5.85. The zero-order valence-electron chi connectivity index (χ0n) is 13.7. The minimum Gasteiger partial charge on any atom is -0.144 e. The third kappa shape index (κ3) is 6.76. The van der Waals surface area contributed by atoms with Crippen LogP contribution in [0.3, 0.4) is 0 Å². The first-order valence-corrected chi connectivity index (χ1v) is 9.92. The molecular formula is C18H31BrS. The second-order valence-corrected chi connectivity index (χ2v) is 9.05. The van der Waals surface area contributed by atoms with E-state index in [1.807, 2.05) is 11.3 Å². The Morgan fingerprint density at radius 3 is 2.15 bits per heavy atom. The molecule has 2 heteroatoms. The molecule has 0 aliphatic rings. The normalized spacial score (nSPS) is 13.7. The minimum atomic E-state index is 0.287. The number of thiophene rings is 1. The lowest BCUT2D eigenvalue weighted by Gasteiger charge is -2.15. The Hall–Kier alpha value is 0.180. The highest BCUT2D eigenvalue weighted by Gasteiger charge is 2.18. The van der Waals surface area contributed by atoms with Gasteiger partial charge in [0, 0.05) is 14.6 Å². The highest BCUT2D eigenvalue weighted by atomic mass is 79.9. The number of rotatable bonds is 9. The highest BCUT2D eigenvalue weighted by Crippen LogP contribution is 2.37. The van der Waals surface area contributed by atoms with Crippen LogP contribution in [0.15, 0.2) is 12.1 Å². The van der Waals surface area contributed by atoms with Crippen LogP contribution in [0.25, 0.3) is 0 Å². The van der Waals surface area contributed by atoms with Gasteiger partial charge in [-0.05, 0) is 24.0 Å². The van der Waals surface area contributed by atoms with Gasteiger partial charge < -0.3 is 0 Å². The SMILES string of the molecule is CCCCCCCCCC(Br)c1ccc(C(C)(C)C)s1. The van der Waals surface area contributed by atoms with Gasteiger partial charge in [-0.2, -0.15) is 0 Å². The molecule has 0 fully saturated rings. The average Bonchev–Trinajstić information content (AvgIpc) is 2.87. The fraction of sp³-hybridized carbons (Fsp3) is 0.778. The Labute approximate surface area is 138 Å². The summed E-state index contributed by atoms with van der Waals surface area (Å²) in [5.74, 6) is 0. The third-order valence-corrected chi connectivity index (χ3v) is 6.61. The molecule has 0 radical (unpaired) electrons. The maximum absolute atomic E-state index is 3.87. The Morgan fingerprint density at radius 2 is 1.60 bits per heavy atom. The monoisotopic (exact) mass is 358 g/mol. The predicted octanol–water partition coefficient (Wildman–Crippen LogP) is 7.62. The molecule has 0 N–H and O–H groups in total. The van der Waals surface area contributed by atoms with E-state index in [2.05, 4.69) is 55.8 Å². The number of alkyl halides is 1. The van der Waals surface area contributed by atoms with E-state index in [-0.39, 0.29) is 5.41 Å². The van der Waals surface area contributed by atoms with Crippen molar-refractivity contribution in [1.82, 2.24) is 0 Å². The van der Waals surface area contributed by atoms with Crippen molar-refractivity contribution in [3.05, 3.63) is 21.9 Å². The van der Waals surface area contributed by atoms with Gasteiger partial charge >= 0.3 is 0 Å². The van der Waals surface area contributed by atoms with Crippen LogP contribution in [0.1, 0.15) is 93.6 Å². The average molecular weight is 359 g/mol. The molecule has 1 heterocycles. The zero-order valence-corrected chi connectivity index (χ0v) is 16.1. The molecule has 1 rings (SSSR count). The first kappa shape index (κ1) is 18.2. The topological polar surface area (TPSA) is 0 Å². The molecule has 0 nitrogen and oxygen atoms in total. The zero-order chi connectivity index (χ0) is 15.0. The number of hydrogen-bond acceptors (Lipinski definition) is 1. The van der Waals surface area contributed by atoms with Crippen molar-refractivity contribution in [2.75, 3.05) is 0 Å². The molecule has 1 atom stereocenters. The van der Waals surface area contributed by atoms with Gasteiger partial charge in [0.25, 0.3) is 0 Å². The molecular weight excluding hydrogens is 328 g/mol. The Morgan fingerprint density at radius 1 is 1.00 bits per heavy atom. The lowest BCUT2D eigenvalue weighted by Crippen LogP contribution is -2.07. The first-order valence-electron chi connectivity index (χ1n) is 8.19. The summed E-state index contributed by atoms with van der Waals surface area (Å²) in [6.45, 7) is 9.16. The van der Waals surface area contributed by atoms with Gasteiger partial charge in [0.2, 0.25) is 0 Å². The van der Waals surface area contributed by atoms with E-state index in [1.54, 1.807) is 0 Å². The number of halogens is 1. The summed E-state index contributed by atoms with van der Waals surface area (Å²) in [5.41, 5.74) is 0.287. The maximum Gasteiger partial charge on any atom is 0.0489 e. The molecule has 0 aliphatic heterocycles. The number of unbranched alkanes of at least 4 members (excludes halogenated alkanes) is 6. The minimum absolute atomic E-state index is 0.287. The van der Waals surface area contributed by atoms with Gasteiger partial charge in [-0.1, -0.05) is 88.6 Å². The van der Waals surface area contributed by atoms with Crippen molar-refractivity contribution in [2.45, 2.75) is 89.3 Å². The van der Waals surface area contributed by atoms with Gasteiger partial charge in [-0.3, -0.25) is 0 Å². The fourth-order valence-electron chi connectivity index (χ4n) is 2.35. The van der Waals surface area contributed by atoms with Crippen LogP contribution in [-0.2, 0) is 5.41 Å². The van der Waals surface area contributed by atoms with Crippen LogP contribution >= 0.6 is 27.3 Å². The molecule has 0 saturated carbocycles. The standard InChI is InChI=1S/C18H31BrS/c1-5-6-7-8-9-10-11-12-15(19)16-13-14-17(20-16)18(2,3)4/h13-15H,5-12H2,1-4H3. The largest absolute Gasteiger partial charge is 0.144 e. The summed E-state index contributed by atoms with van der Waals surface area (Å²) in [5, 5.41) is 0. The summed E-state index contributed by atoms with van der Waals surface area (Å²) < 4.78 is 0. The van der Waals surface area contributed by atoms with E-state index in [1.165, 1.54) is 61.1 Å². The van der Waals surface area contributed by atoms with Gasteiger partial charge in [0.05, 0.1) is 0 Å². The quantitative estimate of drug-likeness (QED) is 0.314. The van der Waals surface area contributed by atoms with Gasteiger partial charge in [-0.25, -0.2) is 0 Å². The highest BCUT2D eigenvalue weighted by molar-refractivity contribution is 9.09. The van der Waals surface area contributed by atoms with Gasteiger partial charge in [0.15, 0.2) is 0 Å². The van der Waals surface area contributed by atoms with Crippen LogP contribution in [0.2, 0.25) is 0 Å². The molecule has 116 valence electrons. The van der Waals surface area contributed by atoms with Crippen molar-refractivity contribution in [3.8, 4) is 0 Å². The molecule has 0 amide bonds. The lowest BCUT2D eigenvalue weighted by molar-refractivity contribution is 0.575. The summed E-state index contributed by atoms with van der Waals surface area (Å²) in [6, 6.07) is 4.62. The van der Waals surface area contributed by atoms with E-state index >= 15 is 0 Å². The van der Waals surface area contributed by atoms with Crippen LogP contribution in [0.4, 0.5) is 0 Å². The Kier molecular flexibility index (Phi) is 8.43. The molecule has 1 aromatic heterocycles. The third-order valence-electron chi connectivity index (χ3n) is 3.74. The van der Waals surface area contributed by atoms with Gasteiger partial charge in [0.1, 0.15) is 0 Å². The van der Waals surface area contributed by atoms with E-state index in [9.17, 15) is 0 Å². The second-order valence-electron chi connectivity index (χ2n) is 6.83. The molecule has 0 aromatic carbocycles. The van der Waals surface area contributed by atoms with E-state index < -0.39 is 0 Å². The van der Waals surface area contributed by atoms with Gasteiger partial charge in [-0.15, -0.1) is 11.3 Å².